The Balaban J connectivity index is 1.77. The fourth-order valence-electron chi connectivity index (χ4n) is 2.14. The summed E-state index contributed by atoms with van der Waals surface area (Å²) >= 11 is 0. The van der Waals surface area contributed by atoms with Crippen LogP contribution in [0.5, 0.6) is 17.2 Å². The number of benzene rings is 3. The van der Waals surface area contributed by atoms with E-state index in [-0.39, 0.29) is 0 Å². The van der Waals surface area contributed by atoms with E-state index in [0.29, 0.717) is 0 Å². The maximum atomic E-state index is 6.01. The lowest BCUT2D eigenvalue weighted by atomic mass is 10.2. The van der Waals surface area contributed by atoms with Crippen LogP contribution in [-0.2, 0) is 0 Å². The van der Waals surface area contributed by atoms with E-state index in [4.69, 9.17) is 9.05 Å². The first-order valence-electron chi connectivity index (χ1n) is 8.16. The minimum absolute atomic E-state index is 0.750. The first kappa shape index (κ1) is 17.3. The highest BCUT2D eigenvalue weighted by Gasteiger charge is 2.28. The van der Waals surface area contributed by atoms with Crippen LogP contribution in [-0.4, -0.2) is 4.52 Å². The average molecular weight is 353 g/mol. The zero-order chi connectivity index (χ0) is 17.6. The van der Waals surface area contributed by atoms with Crippen molar-refractivity contribution in [1.82, 2.24) is 0 Å². The maximum absolute atomic E-state index is 6.01. The normalized spacial score (nSPS) is 10.6. The molecule has 4 heteroatoms. The lowest BCUT2D eigenvalue weighted by Crippen LogP contribution is -2.00. The molecule has 0 aromatic heterocycles. The van der Waals surface area contributed by atoms with Crippen LogP contribution in [0, 0.1) is 20.8 Å². The molecule has 0 bridgehead atoms. The Kier molecular flexibility index (Phi) is 5.57. The van der Waals surface area contributed by atoms with Crippen LogP contribution in [0.15, 0.2) is 72.8 Å². The average Bonchev–Trinajstić information content (AvgIpc) is 2.61. The summed E-state index contributed by atoms with van der Waals surface area (Å²) in [5, 5.41) is 0. The molecule has 0 amide bonds. The van der Waals surface area contributed by atoms with Gasteiger partial charge in [0.05, 0.1) is 0 Å². The van der Waals surface area contributed by atoms with Gasteiger partial charge in [0.2, 0.25) is 0 Å². The van der Waals surface area contributed by atoms with Crippen LogP contribution >= 0.6 is 8.60 Å². The maximum Gasteiger partial charge on any atom is 0.728 e. The van der Waals surface area contributed by atoms with Crippen molar-refractivity contribution in [2.75, 3.05) is 0 Å². The minimum atomic E-state index is -1.49. The summed E-state index contributed by atoms with van der Waals surface area (Å²) in [6.45, 7) is 6.15. The third-order valence-electron chi connectivity index (χ3n) is 3.64. The van der Waals surface area contributed by atoms with E-state index in [9.17, 15) is 0 Å². The monoisotopic (exact) mass is 353 g/mol. The van der Waals surface area contributed by atoms with Gasteiger partial charge in [-0.05, 0) is 45.0 Å². The van der Waals surface area contributed by atoms with Gasteiger partial charge in [0.1, 0.15) is 11.5 Å². The molecule has 3 nitrogen and oxygen atoms in total. The first-order chi connectivity index (χ1) is 12.1. The molecule has 0 saturated heterocycles. The van der Waals surface area contributed by atoms with E-state index in [1.165, 1.54) is 16.7 Å². The lowest BCUT2D eigenvalue weighted by Gasteiger charge is -2.14. The molecule has 0 unspecified atom stereocenters. The second-order valence-electron chi connectivity index (χ2n) is 5.98. The van der Waals surface area contributed by atoms with Gasteiger partial charge in [0.25, 0.3) is 5.75 Å². The molecule has 128 valence electrons. The quantitative estimate of drug-likeness (QED) is 0.388. The third kappa shape index (κ3) is 5.23. The molecule has 0 aliphatic heterocycles. The summed E-state index contributed by atoms with van der Waals surface area (Å²) in [7, 11) is -1.49. The molecule has 3 aromatic carbocycles. The molecular weight excluding hydrogens is 331 g/mol. The number of rotatable bonds is 6. The van der Waals surface area contributed by atoms with Crippen molar-refractivity contribution < 1.29 is 13.6 Å². The number of hydrogen-bond donors (Lipinski definition) is 0. The zero-order valence-corrected chi connectivity index (χ0v) is 15.5. The summed E-state index contributed by atoms with van der Waals surface area (Å²) in [6.07, 6.45) is 0. The minimum Gasteiger partial charge on any atom is -0.515 e. The first-order valence-corrected chi connectivity index (χ1v) is 9.29. The zero-order valence-electron chi connectivity index (χ0n) is 14.6. The van der Waals surface area contributed by atoms with Crippen LogP contribution in [0.3, 0.4) is 0 Å². The third-order valence-corrected chi connectivity index (χ3v) is 4.77. The SMILES string of the molecule is Cc1ccc(OP(Oc2ccc(C)cc2)[OH+]c2ccc(C)cc2)cc1. The molecule has 0 aliphatic rings. The highest BCUT2D eigenvalue weighted by molar-refractivity contribution is 7.42. The predicted molar refractivity (Wildman–Crippen MR) is 103 cm³/mol. The summed E-state index contributed by atoms with van der Waals surface area (Å²) in [5.74, 6) is 2.34. The van der Waals surface area contributed by atoms with Gasteiger partial charge in [-0.25, -0.2) is 0 Å². The molecule has 0 fully saturated rings. The van der Waals surface area contributed by atoms with E-state index in [2.05, 4.69) is 11.4 Å². The fraction of sp³-hybridized carbons (Fsp3) is 0.143. The molecule has 0 spiro atoms. The molecule has 0 heterocycles. The van der Waals surface area contributed by atoms with Crippen molar-refractivity contribution in [3.63, 3.8) is 0 Å². The van der Waals surface area contributed by atoms with Crippen LogP contribution in [0.2, 0.25) is 0 Å². The van der Waals surface area contributed by atoms with Crippen molar-refractivity contribution in [2.24, 2.45) is 0 Å². The summed E-state index contributed by atoms with van der Waals surface area (Å²) in [6, 6.07) is 23.8. The van der Waals surface area contributed by atoms with Crippen LogP contribution < -0.4 is 9.05 Å². The lowest BCUT2D eigenvalue weighted by molar-refractivity contribution is 0.228. The van der Waals surface area contributed by atoms with Crippen molar-refractivity contribution in [3.05, 3.63) is 89.5 Å². The van der Waals surface area contributed by atoms with Gasteiger partial charge >= 0.3 is 8.60 Å². The van der Waals surface area contributed by atoms with E-state index >= 15 is 0 Å². The van der Waals surface area contributed by atoms with Gasteiger partial charge in [-0.15, -0.1) is 0 Å². The second kappa shape index (κ2) is 8.04. The van der Waals surface area contributed by atoms with Gasteiger partial charge in [-0.1, -0.05) is 53.1 Å². The molecule has 0 saturated carbocycles. The molecule has 3 aromatic rings. The highest BCUT2D eigenvalue weighted by Crippen LogP contribution is 2.43. The molecule has 3 rings (SSSR count). The second-order valence-corrected chi connectivity index (χ2v) is 7.02. The van der Waals surface area contributed by atoms with Crippen molar-refractivity contribution in [1.29, 1.82) is 0 Å². The Morgan fingerprint density at radius 1 is 0.560 bits per heavy atom. The molecule has 1 N–H and O–H groups in total. The Morgan fingerprint density at radius 2 is 0.920 bits per heavy atom. The molecule has 0 atom stereocenters. The fourth-order valence-corrected chi connectivity index (χ4v) is 3.19. The number of hydrogen-bond acceptors (Lipinski definition) is 2. The number of aromatic hydroxyl groups is 1. The largest absolute Gasteiger partial charge is 0.728 e. The Morgan fingerprint density at radius 3 is 1.32 bits per heavy atom. The summed E-state index contributed by atoms with van der Waals surface area (Å²) < 4.78 is 16.7. The highest BCUT2D eigenvalue weighted by atomic mass is 31.2. The van der Waals surface area contributed by atoms with Gasteiger partial charge in [0.15, 0.2) is 0 Å². The molecule has 0 radical (unpaired) electrons. The Hall–Kier alpha value is -2.51. The van der Waals surface area contributed by atoms with Crippen molar-refractivity contribution in [2.45, 2.75) is 20.8 Å². The Labute approximate surface area is 150 Å². The molecule has 25 heavy (non-hydrogen) atoms. The van der Waals surface area contributed by atoms with E-state index in [0.717, 1.165) is 17.2 Å². The molecular formula is C21H22O3P+. The number of aryl methyl sites for hydroxylation is 3. The predicted octanol–water partition coefficient (Wildman–Crippen LogP) is 6.24. The van der Waals surface area contributed by atoms with Crippen LogP contribution in [0.25, 0.3) is 0 Å². The van der Waals surface area contributed by atoms with E-state index < -0.39 is 8.60 Å². The van der Waals surface area contributed by atoms with Crippen LogP contribution in [0.4, 0.5) is 0 Å². The summed E-state index contributed by atoms with van der Waals surface area (Å²) in [4.78, 5) is 0. The van der Waals surface area contributed by atoms with Crippen LogP contribution in [0.1, 0.15) is 16.7 Å². The standard InChI is InChI=1S/C21H21O3P/c1-16-4-10-19(11-5-16)22-25(23-20-12-6-17(2)7-13-20)24-21-14-8-18(3)9-15-21/h4-15H,1-3H3/p+1. The van der Waals surface area contributed by atoms with E-state index in [1.54, 1.807) is 0 Å². The van der Waals surface area contributed by atoms with E-state index in [1.807, 2.05) is 86.6 Å². The van der Waals surface area contributed by atoms with Gasteiger partial charge in [-0.2, -0.15) is 0 Å². The van der Waals surface area contributed by atoms with Crippen molar-refractivity contribution in [3.8, 4) is 17.2 Å². The van der Waals surface area contributed by atoms with Crippen molar-refractivity contribution >= 4 is 8.60 Å². The smallest absolute Gasteiger partial charge is 0.515 e. The van der Waals surface area contributed by atoms with Gasteiger partial charge in [0, 0.05) is 12.1 Å². The Bertz CT molecular complexity index is 683. The topological polar surface area (TPSA) is 31.3 Å². The summed E-state index contributed by atoms with van der Waals surface area (Å²) in [5.41, 5.74) is 3.57. The van der Waals surface area contributed by atoms with Gasteiger partial charge in [-0.3, -0.25) is 0 Å². The molecule has 0 aliphatic carbocycles. The van der Waals surface area contributed by atoms with Gasteiger partial charge < -0.3 is 13.6 Å².